The summed E-state index contributed by atoms with van der Waals surface area (Å²) in [6.45, 7) is 2.99. The Morgan fingerprint density at radius 1 is 1.28 bits per heavy atom. The van der Waals surface area contributed by atoms with Crippen LogP contribution in [-0.2, 0) is 0 Å². The number of fused-ring (bicyclic) bond motifs is 2. The van der Waals surface area contributed by atoms with Crippen molar-refractivity contribution in [2.45, 2.75) is 24.9 Å². The van der Waals surface area contributed by atoms with E-state index in [9.17, 15) is 5.11 Å². The third kappa shape index (κ3) is 1.43. The van der Waals surface area contributed by atoms with E-state index in [2.05, 4.69) is 28.1 Å². The lowest BCUT2D eigenvalue weighted by atomic mass is 9.82. The molecule has 94 valence electrons. The van der Waals surface area contributed by atoms with Crippen molar-refractivity contribution in [3.63, 3.8) is 0 Å². The van der Waals surface area contributed by atoms with Crippen LogP contribution < -0.4 is 4.90 Å². The van der Waals surface area contributed by atoms with E-state index in [0.29, 0.717) is 11.8 Å². The summed E-state index contributed by atoms with van der Waals surface area (Å²) in [5, 5.41) is 9.94. The van der Waals surface area contributed by atoms with Gasteiger partial charge in [0.25, 0.3) is 0 Å². The third-order valence-corrected chi connectivity index (χ3v) is 4.67. The van der Waals surface area contributed by atoms with E-state index in [0.717, 1.165) is 32.5 Å². The van der Waals surface area contributed by atoms with Crippen LogP contribution in [0, 0.1) is 5.92 Å². The molecule has 1 aliphatic carbocycles. The summed E-state index contributed by atoms with van der Waals surface area (Å²) in [5.74, 6) is 1.18. The molecule has 2 heterocycles. The molecule has 4 rings (SSSR count). The first-order chi connectivity index (χ1) is 8.83. The standard InChI is InChI=1S/C15H18N2O/c18-12-6-11-9-17-5-4-16-8-10-2-1-3-13(15(10)17)14(11)7-12/h1-3,8,11-12,14,18H,4-7,9H2. The van der Waals surface area contributed by atoms with E-state index in [1.165, 1.54) is 16.8 Å². The number of nitrogens with zero attached hydrogens (tertiary/aromatic N) is 2. The van der Waals surface area contributed by atoms with Crippen LogP contribution in [0.1, 0.15) is 29.9 Å². The van der Waals surface area contributed by atoms with E-state index < -0.39 is 0 Å². The van der Waals surface area contributed by atoms with Crippen LogP contribution in [0.2, 0.25) is 0 Å². The number of aliphatic imine (C=N–C) groups is 1. The van der Waals surface area contributed by atoms with Gasteiger partial charge in [-0.3, -0.25) is 4.99 Å². The molecule has 3 unspecified atom stereocenters. The highest BCUT2D eigenvalue weighted by Gasteiger charge is 2.41. The largest absolute Gasteiger partial charge is 0.393 e. The van der Waals surface area contributed by atoms with Crippen molar-refractivity contribution in [3.8, 4) is 0 Å². The quantitative estimate of drug-likeness (QED) is 0.753. The zero-order chi connectivity index (χ0) is 12.1. The smallest absolute Gasteiger partial charge is 0.0565 e. The highest BCUT2D eigenvalue weighted by molar-refractivity contribution is 5.90. The lowest BCUT2D eigenvalue weighted by Gasteiger charge is -2.38. The van der Waals surface area contributed by atoms with E-state index in [1.54, 1.807) is 0 Å². The number of hydrogen-bond acceptors (Lipinski definition) is 3. The average molecular weight is 242 g/mol. The van der Waals surface area contributed by atoms with Gasteiger partial charge in [-0.05, 0) is 30.2 Å². The molecule has 3 nitrogen and oxygen atoms in total. The van der Waals surface area contributed by atoms with Gasteiger partial charge in [-0.15, -0.1) is 0 Å². The molecule has 1 aromatic carbocycles. The van der Waals surface area contributed by atoms with E-state index in [4.69, 9.17) is 0 Å². The fourth-order valence-corrected chi connectivity index (χ4v) is 3.95. The zero-order valence-electron chi connectivity index (χ0n) is 10.4. The molecule has 2 aliphatic heterocycles. The van der Waals surface area contributed by atoms with Crippen LogP contribution >= 0.6 is 0 Å². The van der Waals surface area contributed by atoms with Gasteiger partial charge in [0, 0.05) is 30.6 Å². The molecule has 3 aliphatic rings. The lowest BCUT2D eigenvalue weighted by Crippen LogP contribution is -2.37. The van der Waals surface area contributed by atoms with Crippen molar-refractivity contribution in [1.82, 2.24) is 0 Å². The molecule has 18 heavy (non-hydrogen) atoms. The van der Waals surface area contributed by atoms with Crippen LogP contribution in [0.3, 0.4) is 0 Å². The van der Waals surface area contributed by atoms with Gasteiger partial charge in [0.15, 0.2) is 0 Å². The van der Waals surface area contributed by atoms with Gasteiger partial charge in [-0.2, -0.15) is 0 Å². The fourth-order valence-electron chi connectivity index (χ4n) is 3.95. The topological polar surface area (TPSA) is 35.8 Å². The van der Waals surface area contributed by atoms with Crippen LogP contribution in [-0.4, -0.2) is 37.1 Å². The van der Waals surface area contributed by atoms with Crippen molar-refractivity contribution in [3.05, 3.63) is 29.3 Å². The second kappa shape index (κ2) is 3.82. The molecule has 0 amide bonds. The Bertz CT molecular complexity index is 511. The average Bonchev–Trinajstić information content (AvgIpc) is 2.61. The Balaban J connectivity index is 1.87. The SMILES string of the molecule is OC1CC2CN3CCN=Cc4cccc(c43)C2C1. The number of anilines is 1. The van der Waals surface area contributed by atoms with Gasteiger partial charge >= 0.3 is 0 Å². The molecule has 1 N–H and O–H groups in total. The second-order valence-electron chi connectivity index (χ2n) is 5.76. The molecule has 0 spiro atoms. The van der Waals surface area contributed by atoms with Crippen molar-refractivity contribution < 1.29 is 5.11 Å². The Labute approximate surface area is 107 Å². The van der Waals surface area contributed by atoms with Gasteiger partial charge in [0.2, 0.25) is 0 Å². The van der Waals surface area contributed by atoms with E-state index in [1.807, 2.05) is 6.21 Å². The van der Waals surface area contributed by atoms with Crippen LogP contribution in [0.15, 0.2) is 23.2 Å². The van der Waals surface area contributed by atoms with Gasteiger partial charge in [-0.1, -0.05) is 18.2 Å². The molecule has 1 fully saturated rings. The molecular weight excluding hydrogens is 224 g/mol. The highest BCUT2D eigenvalue weighted by Crippen LogP contribution is 2.48. The summed E-state index contributed by atoms with van der Waals surface area (Å²) in [6, 6.07) is 6.54. The Hall–Kier alpha value is -1.35. The predicted molar refractivity (Wildman–Crippen MR) is 72.6 cm³/mol. The van der Waals surface area contributed by atoms with Gasteiger partial charge < -0.3 is 10.0 Å². The Morgan fingerprint density at radius 2 is 2.22 bits per heavy atom. The maximum absolute atomic E-state index is 9.94. The molecule has 3 atom stereocenters. The normalized spacial score (nSPS) is 32.9. The lowest BCUT2D eigenvalue weighted by molar-refractivity contribution is 0.177. The second-order valence-corrected chi connectivity index (χ2v) is 5.76. The molecule has 1 saturated carbocycles. The number of rotatable bonds is 0. The first kappa shape index (κ1) is 10.6. The van der Waals surface area contributed by atoms with Gasteiger partial charge in [-0.25, -0.2) is 0 Å². The zero-order valence-corrected chi connectivity index (χ0v) is 10.4. The van der Waals surface area contributed by atoms with Gasteiger partial charge in [0.05, 0.1) is 12.6 Å². The summed E-state index contributed by atoms with van der Waals surface area (Å²) in [5.41, 5.74) is 4.08. The molecule has 0 aromatic heterocycles. The summed E-state index contributed by atoms with van der Waals surface area (Å²) < 4.78 is 0. The maximum Gasteiger partial charge on any atom is 0.0565 e. The van der Waals surface area contributed by atoms with Crippen molar-refractivity contribution >= 4 is 11.9 Å². The first-order valence-electron chi connectivity index (χ1n) is 6.88. The van der Waals surface area contributed by atoms with Crippen molar-refractivity contribution in [1.29, 1.82) is 0 Å². The van der Waals surface area contributed by atoms with Crippen LogP contribution in [0.4, 0.5) is 5.69 Å². The first-order valence-corrected chi connectivity index (χ1v) is 6.88. The number of benzene rings is 1. The van der Waals surface area contributed by atoms with Crippen molar-refractivity contribution in [2.75, 3.05) is 24.5 Å². The van der Waals surface area contributed by atoms with Gasteiger partial charge in [0.1, 0.15) is 0 Å². The highest BCUT2D eigenvalue weighted by atomic mass is 16.3. The number of aliphatic hydroxyl groups excluding tert-OH is 1. The van der Waals surface area contributed by atoms with Crippen molar-refractivity contribution in [2.24, 2.45) is 10.9 Å². The molecular formula is C15H18N2O. The molecule has 1 aromatic rings. The summed E-state index contributed by atoms with van der Waals surface area (Å²) >= 11 is 0. The number of para-hydroxylation sites is 1. The molecule has 0 saturated heterocycles. The third-order valence-electron chi connectivity index (χ3n) is 4.67. The summed E-state index contributed by atoms with van der Waals surface area (Å²) in [6.07, 6.45) is 3.82. The molecule has 0 radical (unpaired) electrons. The fraction of sp³-hybridized carbons (Fsp3) is 0.533. The summed E-state index contributed by atoms with van der Waals surface area (Å²) in [7, 11) is 0. The summed E-state index contributed by atoms with van der Waals surface area (Å²) in [4.78, 5) is 6.96. The number of hydrogen-bond donors (Lipinski definition) is 1. The minimum Gasteiger partial charge on any atom is -0.393 e. The minimum absolute atomic E-state index is 0.104. The Morgan fingerprint density at radius 3 is 3.17 bits per heavy atom. The molecule has 0 bridgehead atoms. The van der Waals surface area contributed by atoms with Crippen LogP contribution in [0.25, 0.3) is 0 Å². The van der Waals surface area contributed by atoms with E-state index in [-0.39, 0.29) is 6.10 Å². The minimum atomic E-state index is -0.104. The maximum atomic E-state index is 9.94. The predicted octanol–water partition coefficient (Wildman–Crippen LogP) is 1.79. The van der Waals surface area contributed by atoms with E-state index >= 15 is 0 Å². The molecule has 3 heteroatoms. The monoisotopic (exact) mass is 242 g/mol. The van der Waals surface area contributed by atoms with Crippen LogP contribution in [0.5, 0.6) is 0 Å². The number of aliphatic hydroxyl groups is 1. The Kier molecular flexibility index (Phi) is 2.24.